The molecule has 0 radical (unpaired) electrons. The van der Waals surface area contributed by atoms with E-state index in [4.69, 9.17) is 24.8 Å². The number of esters is 2. The van der Waals surface area contributed by atoms with E-state index in [0.717, 1.165) is 89.9 Å². The number of hydrogen-bond donors (Lipinski definition) is 3. The van der Waals surface area contributed by atoms with Crippen LogP contribution in [0.15, 0.2) is 60.8 Å². The third-order valence-corrected chi connectivity index (χ3v) is 8.70. The van der Waals surface area contributed by atoms with Crippen LogP contribution in [-0.2, 0) is 37.5 Å². The van der Waals surface area contributed by atoms with Crippen LogP contribution in [-0.4, -0.2) is 59.9 Å². The first-order chi connectivity index (χ1) is 25.1. The Morgan fingerprint density at radius 1 is 0.615 bits per heavy atom. The monoisotopic (exact) mass is 753 g/mol. The number of nitrogens with two attached hydrogens (primary N) is 1. The van der Waals surface area contributed by atoms with Crippen LogP contribution in [0.2, 0.25) is 0 Å². The Bertz CT molecular complexity index is 1120. The quantitative estimate of drug-likeness (QED) is 0.0244. The molecule has 1 unspecified atom stereocenters. The normalized spacial score (nSPS) is 14.5. The Labute approximate surface area is 313 Å². The number of carbonyl (C=O) groups excluding carboxylic acids is 2. The summed E-state index contributed by atoms with van der Waals surface area (Å²) in [5.41, 5.74) is 5.31. The molecule has 298 valence electrons. The van der Waals surface area contributed by atoms with E-state index < -0.39 is 51.1 Å². The van der Waals surface area contributed by atoms with Gasteiger partial charge in [0.25, 0.3) is 0 Å². The minimum absolute atomic E-state index is 0.142. The molecule has 0 aliphatic heterocycles. The van der Waals surface area contributed by atoms with Gasteiger partial charge in [-0.3, -0.25) is 23.4 Å². The molecule has 52 heavy (non-hydrogen) atoms. The number of carboxylic acids is 1. The lowest BCUT2D eigenvalue weighted by molar-refractivity contribution is -0.161. The summed E-state index contributed by atoms with van der Waals surface area (Å²) in [6.07, 6.45) is 38.7. The van der Waals surface area contributed by atoms with Crippen LogP contribution in [0.3, 0.4) is 0 Å². The number of unbranched alkanes of at least 4 members (excludes halogenated alkanes) is 11. The van der Waals surface area contributed by atoms with Gasteiger partial charge < -0.3 is 25.2 Å². The average Bonchev–Trinajstić information content (AvgIpc) is 3.12. The van der Waals surface area contributed by atoms with Crippen LogP contribution in [0.1, 0.15) is 142 Å². The Balaban J connectivity index is 4.47. The van der Waals surface area contributed by atoms with E-state index in [1.54, 1.807) is 0 Å². The van der Waals surface area contributed by atoms with Crippen LogP contribution >= 0.6 is 7.82 Å². The third-order valence-electron chi connectivity index (χ3n) is 7.75. The van der Waals surface area contributed by atoms with Crippen molar-refractivity contribution in [2.75, 3.05) is 19.8 Å². The summed E-state index contributed by atoms with van der Waals surface area (Å²) in [5.74, 6) is -2.43. The maximum Gasteiger partial charge on any atom is 0.472 e. The van der Waals surface area contributed by atoms with Crippen LogP contribution in [0, 0.1) is 0 Å². The summed E-state index contributed by atoms with van der Waals surface area (Å²) in [5, 5.41) is 8.86. The average molecular weight is 754 g/mol. The number of ether oxygens (including phenoxy) is 2. The van der Waals surface area contributed by atoms with Crippen molar-refractivity contribution >= 4 is 25.7 Å². The number of carbonyl (C=O) groups is 3. The minimum atomic E-state index is -4.72. The molecule has 0 saturated carbocycles. The highest BCUT2D eigenvalue weighted by Crippen LogP contribution is 2.43. The fourth-order valence-electron chi connectivity index (χ4n) is 4.68. The van der Waals surface area contributed by atoms with E-state index in [0.29, 0.717) is 12.8 Å². The highest BCUT2D eigenvalue weighted by molar-refractivity contribution is 7.47. The zero-order chi connectivity index (χ0) is 38.5. The molecule has 0 rings (SSSR count). The van der Waals surface area contributed by atoms with Gasteiger partial charge in [0.2, 0.25) is 0 Å². The zero-order valence-corrected chi connectivity index (χ0v) is 32.8. The first-order valence-corrected chi connectivity index (χ1v) is 20.8. The lowest BCUT2D eigenvalue weighted by Gasteiger charge is -2.20. The summed E-state index contributed by atoms with van der Waals surface area (Å²) in [4.78, 5) is 45.7. The molecule has 0 aromatic carbocycles. The van der Waals surface area contributed by atoms with Gasteiger partial charge in [0.1, 0.15) is 12.6 Å². The Morgan fingerprint density at radius 3 is 1.63 bits per heavy atom. The van der Waals surface area contributed by atoms with Gasteiger partial charge in [0, 0.05) is 12.8 Å². The van der Waals surface area contributed by atoms with Gasteiger partial charge in [0.15, 0.2) is 6.10 Å². The predicted molar refractivity (Wildman–Crippen MR) is 208 cm³/mol. The molecule has 0 aromatic rings. The molecule has 0 fully saturated rings. The second-order valence-electron chi connectivity index (χ2n) is 12.7. The van der Waals surface area contributed by atoms with E-state index in [9.17, 15) is 23.8 Å². The highest BCUT2D eigenvalue weighted by atomic mass is 31.2. The van der Waals surface area contributed by atoms with Crippen molar-refractivity contribution in [1.29, 1.82) is 0 Å². The molecule has 0 aromatic heterocycles. The first-order valence-electron chi connectivity index (χ1n) is 19.3. The van der Waals surface area contributed by atoms with Crippen LogP contribution in [0.25, 0.3) is 0 Å². The van der Waals surface area contributed by atoms with Gasteiger partial charge in [-0.25, -0.2) is 4.57 Å². The molecule has 0 saturated heterocycles. The van der Waals surface area contributed by atoms with Crippen molar-refractivity contribution in [2.24, 2.45) is 5.73 Å². The summed E-state index contributed by atoms with van der Waals surface area (Å²) in [6, 6.07) is -1.53. The van der Waals surface area contributed by atoms with E-state index >= 15 is 0 Å². The number of phosphoric ester groups is 1. The van der Waals surface area contributed by atoms with Crippen molar-refractivity contribution < 1.29 is 47.5 Å². The molecule has 3 atom stereocenters. The molecule has 0 heterocycles. The fraction of sp³-hybridized carbons (Fsp3) is 0.675. The molecular weight excluding hydrogens is 685 g/mol. The lowest BCUT2D eigenvalue weighted by Crippen LogP contribution is -2.34. The van der Waals surface area contributed by atoms with Gasteiger partial charge in [-0.15, -0.1) is 0 Å². The number of rotatable bonds is 35. The number of hydrogen-bond acceptors (Lipinski definition) is 9. The lowest BCUT2D eigenvalue weighted by atomic mass is 10.1. The van der Waals surface area contributed by atoms with E-state index in [2.05, 4.69) is 79.1 Å². The van der Waals surface area contributed by atoms with Gasteiger partial charge in [-0.1, -0.05) is 120 Å². The van der Waals surface area contributed by atoms with Gasteiger partial charge >= 0.3 is 25.7 Å². The number of carboxylic acid groups (broad SMARTS) is 1. The molecule has 0 bridgehead atoms. The first kappa shape index (κ1) is 49.2. The molecule has 11 nitrogen and oxygen atoms in total. The zero-order valence-electron chi connectivity index (χ0n) is 31.9. The molecule has 4 N–H and O–H groups in total. The molecule has 0 amide bonds. The third kappa shape index (κ3) is 34.3. The van der Waals surface area contributed by atoms with Crippen molar-refractivity contribution in [3.05, 3.63) is 60.8 Å². The second kappa shape index (κ2) is 35.2. The largest absolute Gasteiger partial charge is 0.480 e. The predicted octanol–water partition coefficient (Wildman–Crippen LogP) is 9.61. The maximum atomic E-state index is 12.5. The number of allylic oxidation sites excluding steroid dienone is 10. The van der Waals surface area contributed by atoms with E-state index in [1.807, 2.05) is 0 Å². The van der Waals surface area contributed by atoms with Crippen molar-refractivity contribution in [2.45, 2.75) is 154 Å². The van der Waals surface area contributed by atoms with Gasteiger partial charge in [0.05, 0.1) is 13.2 Å². The topological polar surface area (TPSA) is 172 Å². The van der Waals surface area contributed by atoms with Crippen molar-refractivity contribution in [3.8, 4) is 0 Å². The molecule has 0 spiro atoms. The van der Waals surface area contributed by atoms with Crippen molar-refractivity contribution in [3.63, 3.8) is 0 Å². The van der Waals surface area contributed by atoms with E-state index in [1.165, 1.54) is 12.8 Å². The second-order valence-corrected chi connectivity index (χ2v) is 14.1. The van der Waals surface area contributed by atoms with Crippen LogP contribution in [0.5, 0.6) is 0 Å². The molecular formula is C40H68NO10P. The Hall–Kier alpha value is -2.82. The van der Waals surface area contributed by atoms with E-state index in [-0.39, 0.29) is 19.4 Å². The van der Waals surface area contributed by atoms with Crippen molar-refractivity contribution in [1.82, 2.24) is 0 Å². The smallest absolute Gasteiger partial charge is 0.472 e. The Morgan fingerprint density at radius 2 is 1.08 bits per heavy atom. The van der Waals surface area contributed by atoms with Crippen LogP contribution in [0.4, 0.5) is 0 Å². The maximum absolute atomic E-state index is 12.5. The Kier molecular flexibility index (Phi) is 33.3. The highest BCUT2D eigenvalue weighted by Gasteiger charge is 2.28. The summed E-state index contributed by atoms with van der Waals surface area (Å²) < 4.78 is 32.5. The van der Waals surface area contributed by atoms with Gasteiger partial charge in [-0.2, -0.15) is 0 Å². The summed E-state index contributed by atoms with van der Waals surface area (Å²) in [7, 11) is -4.72. The van der Waals surface area contributed by atoms with Crippen LogP contribution < -0.4 is 5.73 Å². The van der Waals surface area contributed by atoms with Gasteiger partial charge in [-0.05, 0) is 70.6 Å². The minimum Gasteiger partial charge on any atom is -0.480 e. The standard InChI is InChI=1S/C40H68NO10P/c1-3-5-7-9-11-13-15-16-17-18-19-20-22-23-25-27-29-31-38(42)48-33-36(34-49-52(46,47)50-35-37(41)40(44)45)51-39(43)32-30-28-26-24-21-14-12-10-8-6-4-2/h5,7,10-13,16-17,19-20,36-37H,3-4,6,8-9,14-15,18,21-35,41H2,1-2H3,(H,44,45)(H,46,47)/b7-5-,12-10-,13-11-,17-16-,20-19-/t36-,37+/m1/s1. The fourth-order valence-corrected chi connectivity index (χ4v) is 5.46. The molecule has 0 aliphatic carbocycles. The summed E-state index contributed by atoms with van der Waals surface area (Å²) >= 11 is 0. The molecule has 0 aliphatic rings. The number of aliphatic carboxylic acids is 1. The number of phosphoric acid groups is 1. The summed E-state index contributed by atoms with van der Waals surface area (Å²) in [6.45, 7) is 2.58. The SMILES string of the molecule is CC/C=C\C/C=C\C/C=C\C/C=C\CCCCCCC(=O)OC[C@H](COP(=O)(O)OC[C@H](N)C(=O)O)OC(=O)CCCCCCC/C=C\CCCC. The molecule has 12 heteroatoms.